The molecular weight excluding hydrogens is 704 g/mol. The Morgan fingerprint density at radius 2 is 1.53 bits per heavy atom. The van der Waals surface area contributed by atoms with Gasteiger partial charge in [-0.2, -0.15) is 0 Å². The van der Waals surface area contributed by atoms with Gasteiger partial charge in [-0.25, -0.2) is 4.79 Å². The van der Waals surface area contributed by atoms with Crippen LogP contribution in [0.1, 0.15) is 75.0 Å². The number of benzene rings is 3. The molecule has 3 aromatic carbocycles. The minimum absolute atomic E-state index is 0.00555. The van der Waals surface area contributed by atoms with Crippen molar-refractivity contribution in [3.05, 3.63) is 95.6 Å². The van der Waals surface area contributed by atoms with Crippen molar-refractivity contribution in [1.82, 2.24) is 15.5 Å². The smallest absolute Gasteiger partial charge is 0.326 e. The van der Waals surface area contributed by atoms with Crippen LogP contribution in [-0.4, -0.2) is 82.6 Å². The number of anilines is 1. The highest BCUT2D eigenvalue weighted by Crippen LogP contribution is 2.41. The van der Waals surface area contributed by atoms with E-state index in [2.05, 4.69) is 10.6 Å². The minimum atomic E-state index is -1.21. The lowest BCUT2D eigenvalue weighted by molar-refractivity contribution is -0.144. The number of nitrogens with zero attached hydrogens (tertiary/aromatic N) is 2. The quantitative estimate of drug-likeness (QED) is 0.145. The van der Waals surface area contributed by atoms with Crippen molar-refractivity contribution in [3.8, 4) is 5.75 Å². The van der Waals surface area contributed by atoms with E-state index in [4.69, 9.17) is 4.74 Å². The van der Waals surface area contributed by atoms with Gasteiger partial charge in [0.1, 0.15) is 24.0 Å². The first-order valence-electron chi connectivity index (χ1n) is 18.8. The van der Waals surface area contributed by atoms with E-state index in [1.165, 1.54) is 11.8 Å². The number of carbonyl (C=O) groups is 6. The second kappa shape index (κ2) is 18.5. The summed E-state index contributed by atoms with van der Waals surface area (Å²) in [6.45, 7) is 1.74. The summed E-state index contributed by atoms with van der Waals surface area (Å²) < 4.78 is 5.29. The van der Waals surface area contributed by atoms with E-state index in [1.807, 2.05) is 42.5 Å². The largest absolute Gasteiger partial charge is 0.497 e. The third kappa shape index (κ3) is 10.3. The van der Waals surface area contributed by atoms with Gasteiger partial charge in [-0.1, -0.05) is 67.4 Å². The summed E-state index contributed by atoms with van der Waals surface area (Å²) in [5.74, 6) is -2.94. The summed E-state index contributed by atoms with van der Waals surface area (Å²) in [6, 6.07) is 21.6. The normalized spacial score (nSPS) is 18.1. The molecule has 4 amide bonds. The molecule has 1 heterocycles. The van der Waals surface area contributed by atoms with E-state index >= 15 is 0 Å². The molecular formula is C42H50N4O9. The predicted octanol–water partition coefficient (Wildman–Crippen LogP) is 4.50. The molecule has 2 fully saturated rings. The lowest BCUT2D eigenvalue weighted by Gasteiger charge is -2.32. The third-order valence-corrected chi connectivity index (χ3v) is 10.7. The fourth-order valence-electron chi connectivity index (χ4n) is 7.78. The lowest BCUT2D eigenvalue weighted by Crippen LogP contribution is -2.49. The average Bonchev–Trinajstić information content (AvgIpc) is 3.76. The van der Waals surface area contributed by atoms with Crippen LogP contribution in [0.3, 0.4) is 0 Å². The van der Waals surface area contributed by atoms with Crippen molar-refractivity contribution in [2.24, 2.45) is 5.41 Å². The second-order valence-corrected chi connectivity index (χ2v) is 14.4. The van der Waals surface area contributed by atoms with E-state index in [-0.39, 0.29) is 43.4 Å². The van der Waals surface area contributed by atoms with Gasteiger partial charge >= 0.3 is 11.9 Å². The van der Waals surface area contributed by atoms with Crippen LogP contribution in [0.2, 0.25) is 0 Å². The number of aryl methyl sites for hydroxylation is 1. The predicted molar refractivity (Wildman–Crippen MR) is 204 cm³/mol. The van der Waals surface area contributed by atoms with Crippen LogP contribution in [-0.2, 0) is 48.0 Å². The van der Waals surface area contributed by atoms with Gasteiger partial charge < -0.3 is 30.5 Å². The highest BCUT2D eigenvalue weighted by Gasteiger charge is 2.48. The fourth-order valence-corrected chi connectivity index (χ4v) is 7.78. The molecule has 1 aliphatic carbocycles. The first-order chi connectivity index (χ1) is 26.4. The summed E-state index contributed by atoms with van der Waals surface area (Å²) in [5.41, 5.74) is 2.18. The van der Waals surface area contributed by atoms with Crippen molar-refractivity contribution in [2.75, 3.05) is 18.6 Å². The van der Waals surface area contributed by atoms with Gasteiger partial charge in [0.05, 0.1) is 18.9 Å². The number of nitrogens with one attached hydrogen (secondary N) is 2. The molecule has 13 nitrogen and oxygen atoms in total. The standard InChI is InChI=1S/C42H50N4O9/c1-28(47)43-25-24-42(22-6-7-23-42)41(54)44-34(40(52)53)26-30-10-15-32(16-11-30)45-36(19-14-29-8-4-3-5-9-29)46(37(48)20-21-38(49)50)35(39(45)51)27-31-12-17-33(55-2)18-13-31/h3-5,8-13,15-18,34-36H,6-7,14,19-27H2,1-2H3,(H,43,47)(H,44,54)(H,49,50)(H,52,53)/t34?,35-,36?/m1/s1. The molecule has 2 unspecified atom stereocenters. The molecule has 55 heavy (non-hydrogen) atoms. The lowest BCUT2D eigenvalue weighted by atomic mass is 9.81. The molecule has 1 saturated carbocycles. The Morgan fingerprint density at radius 1 is 0.873 bits per heavy atom. The summed E-state index contributed by atoms with van der Waals surface area (Å²) in [7, 11) is 1.56. The summed E-state index contributed by atoms with van der Waals surface area (Å²) in [4.78, 5) is 80.5. The number of rotatable bonds is 18. The molecule has 0 aromatic heterocycles. The fraction of sp³-hybridized carbons (Fsp3) is 0.429. The maximum absolute atomic E-state index is 14.5. The molecule has 0 bridgehead atoms. The maximum atomic E-state index is 14.5. The molecule has 3 atom stereocenters. The topological polar surface area (TPSA) is 183 Å². The van der Waals surface area contributed by atoms with Crippen molar-refractivity contribution < 1.29 is 43.7 Å². The summed E-state index contributed by atoms with van der Waals surface area (Å²) >= 11 is 0. The van der Waals surface area contributed by atoms with E-state index in [9.17, 15) is 39.0 Å². The molecule has 292 valence electrons. The van der Waals surface area contributed by atoms with Gasteiger partial charge in [0.15, 0.2) is 0 Å². The zero-order chi connectivity index (χ0) is 39.5. The van der Waals surface area contributed by atoms with E-state index in [0.29, 0.717) is 55.6 Å². The molecule has 0 spiro atoms. The number of hydrogen-bond donors (Lipinski definition) is 4. The molecule has 1 saturated heterocycles. The Labute approximate surface area is 321 Å². The molecule has 2 aliphatic rings. The van der Waals surface area contributed by atoms with E-state index < -0.39 is 41.5 Å². The first-order valence-corrected chi connectivity index (χ1v) is 18.8. The molecule has 1 aliphatic heterocycles. The molecule has 3 aromatic rings. The number of amides is 4. The molecule has 5 rings (SSSR count). The van der Waals surface area contributed by atoms with Crippen LogP contribution in [0.25, 0.3) is 0 Å². The Morgan fingerprint density at radius 3 is 2.13 bits per heavy atom. The van der Waals surface area contributed by atoms with Gasteiger partial charge in [0.25, 0.3) is 5.91 Å². The van der Waals surface area contributed by atoms with E-state index in [1.54, 1.807) is 48.4 Å². The van der Waals surface area contributed by atoms with Gasteiger partial charge in [-0.3, -0.25) is 28.9 Å². The van der Waals surface area contributed by atoms with Gasteiger partial charge in [0.2, 0.25) is 17.7 Å². The summed E-state index contributed by atoms with van der Waals surface area (Å²) in [5, 5.41) is 25.1. The zero-order valence-electron chi connectivity index (χ0n) is 31.4. The van der Waals surface area contributed by atoms with Crippen LogP contribution in [0, 0.1) is 5.41 Å². The maximum Gasteiger partial charge on any atom is 0.326 e. The van der Waals surface area contributed by atoms with E-state index in [0.717, 1.165) is 24.0 Å². The number of carboxylic acid groups (broad SMARTS) is 2. The van der Waals surface area contributed by atoms with Crippen LogP contribution >= 0.6 is 0 Å². The van der Waals surface area contributed by atoms with Gasteiger partial charge in [0, 0.05) is 38.4 Å². The molecule has 13 heteroatoms. The zero-order valence-corrected chi connectivity index (χ0v) is 31.4. The molecule has 4 N–H and O–H groups in total. The van der Waals surface area contributed by atoms with Gasteiger partial charge in [-0.05, 0) is 73.1 Å². The Hall–Kier alpha value is -5.72. The minimum Gasteiger partial charge on any atom is -0.497 e. The Balaban J connectivity index is 1.41. The van der Waals surface area contributed by atoms with Crippen molar-refractivity contribution in [3.63, 3.8) is 0 Å². The van der Waals surface area contributed by atoms with Crippen LogP contribution in [0.4, 0.5) is 5.69 Å². The summed E-state index contributed by atoms with van der Waals surface area (Å²) in [6.07, 6.45) is 3.08. The van der Waals surface area contributed by atoms with Crippen molar-refractivity contribution in [2.45, 2.75) is 95.8 Å². The Bertz CT molecular complexity index is 1830. The number of aliphatic carboxylic acids is 2. The average molecular weight is 755 g/mol. The number of hydrogen-bond acceptors (Lipinski definition) is 7. The second-order valence-electron chi connectivity index (χ2n) is 14.4. The number of carbonyl (C=O) groups excluding carboxylic acids is 4. The van der Waals surface area contributed by atoms with Crippen LogP contribution in [0.15, 0.2) is 78.9 Å². The number of methoxy groups -OCH3 is 1. The van der Waals surface area contributed by atoms with Crippen molar-refractivity contribution in [1.29, 1.82) is 0 Å². The monoisotopic (exact) mass is 754 g/mol. The van der Waals surface area contributed by atoms with Crippen molar-refractivity contribution >= 4 is 41.3 Å². The third-order valence-electron chi connectivity index (χ3n) is 10.7. The van der Waals surface area contributed by atoms with Gasteiger partial charge in [-0.15, -0.1) is 0 Å². The SMILES string of the molecule is COc1ccc(C[C@@H]2C(=O)N(c3ccc(CC(NC(=O)C4(CCNC(C)=O)CCCC4)C(=O)O)cc3)C(CCc3ccccc3)N2C(=O)CCC(=O)O)cc1. The van der Waals surface area contributed by atoms with Crippen LogP contribution < -0.4 is 20.3 Å². The first kappa shape index (κ1) is 40.5. The number of carboxylic acids is 2. The van der Waals surface area contributed by atoms with Crippen LogP contribution in [0.5, 0.6) is 5.75 Å². The highest BCUT2D eigenvalue weighted by molar-refractivity contribution is 6.03. The Kier molecular flexibility index (Phi) is 13.6. The highest BCUT2D eigenvalue weighted by atomic mass is 16.5. The molecule has 0 radical (unpaired) electrons. The number of ether oxygens (including phenoxy) is 1.